The third kappa shape index (κ3) is 3.95. The van der Waals surface area contributed by atoms with Crippen LogP contribution in [0.2, 0.25) is 0 Å². The second kappa shape index (κ2) is 7.90. The van der Waals surface area contributed by atoms with Crippen molar-refractivity contribution in [2.24, 2.45) is 0 Å². The van der Waals surface area contributed by atoms with Crippen molar-refractivity contribution in [2.45, 2.75) is 63.1 Å². The highest BCUT2D eigenvalue weighted by molar-refractivity contribution is 7.88. The molecule has 2 N–H and O–H groups in total. The van der Waals surface area contributed by atoms with Crippen molar-refractivity contribution in [1.82, 2.24) is 18.8 Å². The molecule has 164 valence electrons. The monoisotopic (exact) mass is 435 g/mol. The van der Waals surface area contributed by atoms with Gasteiger partial charge in [-0.2, -0.15) is 4.98 Å². The minimum atomic E-state index is -3.17. The van der Waals surface area contributed by atoms with Crippen molar-refractivity contribution >= 4 is 27.0 Å². The normalized spacial score (nSPS) is 26.3. The Hall–Kier alpha value is -2.04. The Balaban J connectivity index is 1.62. The summed E-state index contributed by atoms with van der Waals surface area (Å²) in [5.41, 5.74) is -0.561. The third-order valence-electron chi connectivity index (χ3n) is 6.55. The topological polar surface area (TPSA) is 117 Å². The van der Waals surface area contributed by atoms with Crippen molar-refractivity contribution in [3.63, 3.8) is 0 Å². The molecule has 0 radical (unpaired) electrons. The summed E-state index contributed by atoms with van der Waals surface area (Å²) in [5.74, 6) is 0.415. The summed E-state index contributed by atoms with van der Waals surface area (Å²) in [4.78, 5) is 21.8. The molecule has 0 amide bonds. The Labute approximate surface area is 176 Å². The van der Waals surface area contributed by atoms with Gasteiger partial charge in [-0.3, -0.25) is 9.36 Å². The predicted octanol–water partition coefficient (Wildman–Crippen LogP) is 1.49. The molecule has 9 nitrogen and oxygen atoms in total. The summed E-state index contributed by atoms with van der Waals surface area (Å²) in [7, 11) is -3.17. The van der Waals surface area contributed by atoms with E-state index in [0.717, 1.165) is 18.2 Å². The van der Waals surface area contributed by atoms with Gasteiger partial charge < -0.3 is 10.4 Å². The van der Waals surface area contributed by atoms with Crippen LogP contribution in [0.4, 0.5) is 5.95 Å². The van der Waals surface area contributed by atoms with E-state index in [-0.39, 0.29) is 17.6 Å². The fourth-order valence-electron chi connectivity index (χ4n) is 4.74. The molecule has 2 fully saturated rings. The quantitative estimate of drug-likeness (QED) is 0.731. The van der Waals surface area contributed by atoms with Gasteiger partial charge in [0.25, 0.3) is 5.56 Å². The number of aliphatic hydroxyl groups is 1. The highest BCUT2D eigenvalue weighted by Gasteiger charge is 2.42. The Morgan fingerprint density at radius 3 is 2.67 bits per heavy atom. The lowest BCUT2D eigenvalue weighted by Gasteiger charge is -2.31. The molecule has 1 aliphatic heterocycles. The molecule has 0 bridgehead atoms. The fourth-order valence-corrected chi connectivity index (χ4v) is 5.62. The molecule has 4 rings (SSSR count). The van der Waals surface area contributed by atoms with Crippen molar-refractivity contribution < 1.29 is 13.5 Å². The minimum Gasteiger partial charge on any atom is -0.388 e. The van der Waals surface area contributed by atoms with Gasteiger partial charge in [0.1, 0.15) is 5.65 Å². The van der Waals surface area contributed by atoms with E-state index in [0.29, 0.717) is 50.4 Å². The first-order chi connectivity index (χ1) is 14.2. The zero-order valence-corrected chi connectivity index (χ0v) is 18.2. The Kier molecular flexibility index (Phi) is 5.58. The lowest BCUT2D eigenvalue weighted by Crippen LogP contribution is -2.42. The largest absolute Gasteiger partial charge is 0.388 e. The minimum absolute atomic E-state index is 0.0587. The molecule has 0 aromatic carbocycles. The zero-order chi connectivity index (χ0) is 21.5. The molecule has 2 atom stereocenters. The van der Waals surface area contributed by atoms with Crippen molar-refractivity contribution in [2.75, 3.05) is 24.7 Å². The second-order valence-electron chi connectivity index (χ2n) is 8.46. The highest BCUT2D eigenvalue weighted by Crippen LogP contribution is 2.41. The third-order valence-corrected chi connectivity index (χ3v) is 7.86. The van der Waals surface area contributed by atoms with Crippen LogP contribution in [0, 0.1) is 0 Å². The number of rotatable bonds is 5. The van der Waals surface area contributed by atoms with E-state index < -0.39 is 15.6 Å². The van der Waals surface area contributed by atoms with Crippen LogP contribution in [0.15, 0.2) is 23.1 Å². The summed E-state index contributed by atoms with van der Waals surface area (Å²) in [6, 6.07) is 2.97. The molecular weight excluding hydrogens is 406 g/mol. The number of sulfonamides is 1. The molecule has 10 heteroatoms. The average Bonchev–Trinajstić information content (AvgIpc) is 3.09. The van der Waals surface area contributed by atoms with Gasteiger partial charge in [-0.05, 0) is 44.6 Å². The first-order valence-corrected chi connectivity index (χ1v) is 12.4. The standard InChI is InChI=1S/C20H29N5O4S/c1-3-20(27)10-4-5-16(20)25-17(26)7-6-14-13-21-19(23-18(14)25)22-15-8-11-24(12-9-15)30(2,28)29/h6-7,13,15-16,27H,3-5,8-12H2,1-2H3,(H,21,22,23)/t16-,20-/m1/s1. The highest BCUT2D eigenvalue weighted by atomic mass is 32.2. The predicted molar refractivity (Wildman–Crippen MR) is 115 cm³/mol. The summed E-state index contributed by atoms with van der Waals surface area (Å²) in [6.45, 7) is 2.86. The number of fused-ring (bicyclic) bond motifs is 1. The van der Waals surface area contributed by atoms with Crippen LogP contribution in [0.3, 0.4) is 0 Å². The Morgan fingerprint density at radius 2 is 2.00 bits per heavy atom. The lowest BCUT2D eigenvalue weighted by atomic mass is 9.94. The molecule has 2 aromatic rings. The zero-order valence-electron chi connectivity index (χ0n) is 17.4. The molecule has 2 aliphatic rings. The van der Waals surface area contributed by atoms with Crippen LogP contribution >= 0.6 is 0 Å². The molecule has 1 saturated carbocycles. The van der Waals surface area contributed by atoms with Crippen LogP contribution < -0.4 is 10.9 Å². The van der Waals surface area contributed by atoms with Crippen LogP contribution in [0.1, 0.15) is 51.5 Å². The molecule has 30 heavy (non-hydrogen) atoms. The number of nitrogens with zero attached hydrogens (tertiary/aromatic N) is 4. The number of piperidine rings is 1. The molecule has 3 heterocycles. The van der Waals surface area contributed by atoms with Gasteiger partial charge in [0.2, 0.25) is 16.0 Å². The SMILES string of the molecule is CC[C@@]1(O)CCC[C@H]1n1c(=O)ccc2cnc(NC3CCN(S(C)(=O)=O)CC3)nc21. The molecule has 0 unspecified atom stereocenters. The summed E-state index contributed by atoms with van der Waals surface area (Å²) in [5, 5.41) is 15.1. The van der Waals surface area contributed by atoms with E-state index in [1.54, 1.807) is 16.8 Å². The van der Waals surface area contributed by atoms with Gasteiger partial charge in [-0.25, -0.2) is 17.7 Å². The number of pyridine rings is 1. The number of aromatic nitrogens is 3. The second-order valence-corrected chi connectivity index (χ2v) is 10.4. The van der Waals surface area contributed by atoms with Gasteiger partial charge in [-0.1, -0.05) is 6.92 Å². The molecule has 0 spiro atoms. The fraction of sp³-hybridized carbons (Fsp3) is 0.650. The van der Waals surface area contributed by atoms with Crippen LogP contribution in [-0.4, -0.2) is 63.4 Å². The number of anilines is 1. The van der Waals surface area contributed by atoms with Crippen molar-refractivity contribution in [3.8, 4) is 0 Å². The number of hydrogen-bond acceptors (Lipinski definition) is 7. The van der Waals surface area contributed by atoms with E-state index in [9.17, 15) is 18.3 Å². The van der Waals surface area contributed by atoms with Gasteiger partial charge in [0.05, 0.1) is 17.9 Å². The van der Waals surface area contributed by atoms with Gasteiger partial charge in [-0.15, -0.1) is 0 Å². The van der Waals surface area contributed by atoms with Crippen molar-refractivity contribution in [3.05, 3.63) is 28.7 Å². The molecule has 2 aromatic heterocycles. The van der Waals surface area contributed by atoms with Gasteiger partial charge in [0, 0.05) is 36.8 Å². The van der Waals surface area contributed by atoms with Crippen LogP contribution in [-0.2, 0) is 10.0 Å². The Morgan fingerprint density at radius 1 is 1.27 bits per heavy atom. The maximum atomic E-state index is 12.8. The maximum absolute atomic E-state index is 12.8. The number of hydrogen-bond donors (Lipinski definition) is 2. The maximum Gasteiger partial charge on any atom is 0.252 e. The van der Waals surface area contributed by atoms with Gasteiger partial charge in [0.15, 0.2) is 0 Å². The summed E-state index contributed by atoms with van der Waals surface area (Å²) in [6.07, 6.45) is 7.09. The molecular formula is C20H29N5O4S. The van der Waals surface area contributed by atoms with Crippen LogP contribution in [0.5, 0.6) is 0 Å². The van der Waals surface area contributed by atoms with Crippen molar-refractivity contribution in [1.29, 1.82) is 0 Å². The van der Waals surface area contributed by atoms with Crippen LogP contribution in [0.25, 0.3) is 11.0 Å². The Bertz CT molecular complexity index is 1090. The smallest absolute Gasteiger partial charge is 0.252 e. The first kappa shape index (κ1) is 21.2. The van der Waals surface area contributed by atoms with Gasteiger partial charge >= 0.3 is 0 Å². The van der Waals surface area contributed by atoms with E-state index in [4.69, 9.17) is 0 Å². The lowest BCUT2D eigenvalue weighted by molar-refractivity contribution is 0.00438. The van der Waals surface area contributed by atoms with E-state index >= 15 is 0 Å². The van der Waals surface area contributed by atoms with E-state index in [1.807, 2.05) is 6.92 Å². The molecule has 1 aliphatic carbocycles. The van der Waals surface area contributed by atoms with E-state index in [1.165, 1.54) is 16.6 Å². The average molecular weight is 436 g/mol. The summed E-state index contributed by atoms with van der Waals surface area (Å²) < 4.78 is 26.5. The number of nitrogens with one attached hydrogen (secondary N) is 1. The molecule has 1 saturated heterocycles. The van der Waals surface area contributed by atoms with E-state index in [2.05, 4.69) is 15.3 Å². The first-order valence-electron chi connectivity index (χ1n) is 10.5. The summed E-state index contributed by atoms with van der Waals surface area (Å²) >= 11 is 0.